The minimum atomic E-state index is -0.940. The maximum Gasteiger partial charge on any atom is 0.231 e. The number of amides is 1. The van der Waals surface area contributed by atoms with Gasteiger partial charge in [-0.05, 0) is 49.2 Å². The van der Waals surface area contributed by atoms with Gasteiger partial charge in [0.2, 0.25) is 5.91 Å². The summed E-state index contributed by atoms with van der Waals surface area (Å²) in [4.78, 5) is 12.5. The molecule has 1 atom stereocenters. The molecule has 1 heterocycles. The largest absolute Gasteiger partial charge is 0.337 e. The number of thioether (sulfide) groups is 1. The molecule has 3 aromatic rings. The third-order valence-electron chi connectivity index (χ3n) is 4.87. The summed E-state index contributed by atoms with van der Waals surface area (Å²) in [6.45, 7) is 5.48. The molecule has 0 radical (unpaired) electrons. The Balaban J connectivity index is 1.88. The van der Waals surface area contributed by atoms with Crippen molar-refractivity contribution in [1.82, 2.24) is 20.1 Å². The number of nitriles is 1. The first-order valence-electron chi connectivity index (χ1n) is 9.46. The molecule has 2 aromatic carbocycles. The summed E-state index contributed by atoms with van der Waals surface area (Å²) in [5, 5.41) is 21.3. The fraction of sp³-hybridized carbons (Fsp3) is 0.273. The van der Waals surface area contributed by atoms with Gasteiger partial charge < -0.3 is 5.32 Å². The fourth-order valence-corrected chi connectivity index (χ4v) is 3.47. The number of carbonyl (C=O) groups excluding carboxylic acids is 1. The van der Waals surface area contributed by atoms with Gasteiger partial charge in [0.1, 0.15) is 11.4 Å². The highest BCUT2D eigenvalue weighted by molar-refractivity contribution is 7.99. The molecule has 3 rings (SSSR count). The van der Waals surface area contributed by atoms with Crippen molar-refractivity contribution in [2.45, 2.75) is 31.5 Å². The van der Waals surface area contributed by atoms with Crippen molar-refractivity contribution in [3.8, 4) is 23.1 Å². The van der Waals surface area contributed by atoms with Gasteiger partial charge in [0.25, 0.3) is 0 Å². The van der Waals surface area contributed by atoms with E-state index in [0.717, 1.165) is 5.69 Å². The average Bonchev–Trinajstić information content (AvgIpc) is 3.17. The number of nitrogens with one attached hydrogen (secondary N) is 1. The number of nitrogens with zero attached hydrogens (tertiary/aromatic N) is 4. The molecule has 6 nitrogen and oxygen atoms in total. The van der Waals surface area contributed by atoms with Gasteiger partial charge in [-0.3, -0.25) is 9.36 Å². The van der Waals surface area contributed by atoms with Gasteiger partial charge in [0, 0.05) is 11.3 Å². The molecule has 0 bridgehead atoms. The number of carbonyl (C=O) groups is 1. The fourth-order valence-electron chi connectivity index (χ4n) is 2.72. The van der Waals surface area contributed by atoms with Crippen LogP contribution in [0.5, 0.6) is 0 Å². The Morgan fingerprint density at radius 2 is 1.87 bits per heavy atom. The Kier molecular flexibility index (Phi) is 6.53. The van der Waals surface area contributed by atoms with Crippen molar-refractivity contribution in [1.29, 1.82) is 5.26 Å². The zero-order chi connectivity index (χ0) is 21.7. The van der Waals surface area contributed by atoms with Crippen LogP contribution in [0.15, 0.2) is 59.8 Å². The summed E-state index contributed by atoms with van der Waals surface area (Å²) in [6.07, 6.45) is 0. The highest BCUT2D eigenvalue weighted by Gasteiger charge is 2.30. The summed E-state index contributed by atoms with van der Waals surface area (Å²) in [5.74, 6) is 0.00564. The topological polar surface area (TPSA) is 83.6 Å². The first-order chi connectivity index (χ1) is 14.3. The molecular weight excluding hydrogens is 401 g/mol. The van der Waals surface area contributed by atoms with Crippen molar-refractivity contribution in [3.63, 3.8) is 0 Å². The van der Waals surface area contributed by atoms with Crippen LogP contribution in [-0.2, 0) is 4.79 Å². The predicted molar refractivity (Wildman–Crippen MR) is 114 cm³/mol. The SMILES string of the molecule is CC(C)[C@@](C)(C#N)NC(=O)CSc1nnc(-c2ccc(F)cc2)n1-c1ccccc1. The van der Waals surface area contributed by atoms with E-state index in [1.807, 2.05) is 48.7 Å². The van der Waals surface area contributed by atoms with Crippen LogP contribution in [0.2, 0.25) is 0 Å². The Bertz CT molecular complexity index is 1060. The van der Waals surface area contributed by atoms with Crippen LogP contribution in [0.4, 0.5) is 4.39 Å². The molecule has 0 aliphatic rings. The van der Waals surface area contributed by atoms with Gasteiger partial charge >= 0.3 is 0 Å². The quantitative estimate of drug-likeness (QED) is 0.575. The molecule has 0 fully saturated rings. The smallest absolute Gasteiger partial charge is 0.231 e. The molecule has 0 aliphatic carbocycles. The zero-order valence-corrected chi connectivity index (χ0v) is 17.8. The van der Waals surface area contributed by atoms with E-state index in [1.54, 1.807) is 19.1 Å². The van der Waals surface area contributed by atoms with Crippen LogP contribution >= 0.6 is 11.8 Å². The van der Waals surface area contributed by atoms with E-state index in [4.69, 9.17) is 0 Å². The molecule has 154 valence electrons. The van der Waals surface area contributed by atoms with E-state index in [0.29, 0.717) is 16.5 Å². The second kappa shape index (κ2) is 9.09. The molecule has 1 N–H and O–H groups in total. The molecule has 0 saturated heterocycles. The molecular formula is C22H22FN5OS. The summed E-state index contributed by atoms with van der Waals surface area (Å²) < 4.78 is 15.2. The highest BCUT2D eigenvalue weighted by Crippen LogP contribution is 2.28. The van der Waals surface area contributed by atoms with E-state index in [9.17, 15) is 14.4 Å². The van der Waals surface area contributed by atoms with Crippen molar-refractivity contribution < 1.29 is 9.18 Å². The Morgan fingerprint density at radius 3 is 2.47 bits per heavy atom. The molecule has 1 aromatic heterocycles. The van der Waals surface area contributed by atoms with Gasteiger partial charge in [-0.2, -0.15) is 5.26 Å². The van der Waals surface area contributed by atoms with Crippen LogP contribution in [0.1, 0.15) is 20.8 Å². The van der Waals surface area contributed by atoms with Crippen molar-refractivity contribution in [2.24, 2.45) is 5.92 Å². The van der Waals surface area contributed by atoms with Crippen LogP contribution in [0.25, 0.3) is 17.1 Å². The number of benzene rings is 2. The molecule has 0 aliphatic heterocycles. The van der Waals surface area contributed by atoms with Gasteiger partial charge in [-0.1, -0.05) is 43.8 Å². The molecule has 8 heteroatoms. The van der Waals surface area contributed by atoms with Gasteiger partial charge in [-0.25, -0.2) is 4.39 Å². The second-order valence-electron chi connectivity index (χ2n) is 7.29. The highest BCUT2D eigenvalue weighted by atomic mass is 32.2. The molecule has 30 heavy (non-hydrogen) atoms. The molecule has 0 spiro atoms. The van der Waals surface area contributed by atoms with Crippen LogP contribution in [0.3, 0.4) is 0 Å². The monoisotopic (exact) mass is 423 g/mol. The predicted octanol–water partition coefficient (Wildman–Crippen LogP) is 4.22. The maximum atomic E-state index is 13.3. The summed E-state index contributed by atoms with van der Waals surface area (Å²) >= 11 is 1.23. The van der Waals surface area contributed by atoms with E-state index < -0.39 is 5.54 Å². The van der Waals surface area contributed by atoms with Crippen LogP contribution in [-0.4, -0.2) is 32.0 Å². The number of para-hydroxylation sites is 1. The van der Waals surface area contributed by atoms with Crippen LogP contribution < -0.4 is 5.32 Å². The summed E-state index contributed by atoms with van der Waals surface area (Å²) in [6, 6.07) is 17.7. The lowest BCUT2D eigenvalue weighted by Crippen LogP contribution is -2.49. The number of rotatable bonds is 7. The van der Waals surface area contributed by atoms with Gasteiger partial charge in [-0.15, -0.1) is 10.2 Å². The number of aromatic nitrogens is 3. The average molecular weight is 424 g/mol. The van der Waals surface area contributed by atoms with E-state index in [1.165, 1.54) is 23.9 Å². The molecule has 1 amide bonds. The zero-order valence-electron chi connectivity index (χ0n) is 17.0. The molecule has 0 saturated carbocycles. The molecule has 0 unspecified atom stereocenters. The Labute approximate surface area is 179 Å². The van der Waals surface area contributed by atoms with E-state index in [2.05, 4.69) is 21.6 Å². The van der Waals surface area contributed by atoms with Gasteiger partial charge in [0.05, 0.1) is 11.8 Å². The summed E-state index contributed by atoms with van der Waals surface area (Å²) in [7, 11) is 0. The minimum absolute atomic E-state index is 0.0329. The van der Waals surface area contributed by atoms with Crippen molar-refractivity contribution in [3.05, 3.63) is 60.4 Å². The van der Waals surface area contributed by atoms with Crippen molar-refractivity contribution in [2.75, 3.05) is 5.75 Å². The second-order valence-corrected chi connectivity index (χ2v) is 8.23. The lowest BCUT2D eigenvalue weighted by atomic mass is 9.90. The number of halogens is 1. The number of hydrogen-bond donors (Lipinski definition) is 1. The van der Waals surface area contributed by atoms with Crippen molar-refractivity contribution >= 4 is 17.7 Å². The minimum Gasteiger partial charge on any atom is -0.337 e. The number of hydrogen-bond acceptors (Lipinski definition) is 5. The van der Waals surface area contributed by atoms with Gasteiger partial charge in [0.15, 0.2) is 11.0 Å². The van der Waals surface area contributed by atoms with Crippen LogP contribution in [0, 0.1) is 23.1 Å². The first kappa shape index (κ1) is 21.5. The normalized spacial score (nSPS) is 12.9. The van der Waals surface area contributed by atoms with E-state index in [-0.39, 0.29) is 23.4 Å². The third kappa shape index (κ3) is 4.69. The van der Waals surface area contributed by atoms with E-state index >= 15 is 0 Å². The standard InChI is InChI=1S/C22H22FN5OS/c1-15(2)22(3,14-24)25-19(29)13-30-21-27-26-20(16-9-11-17(23)12-10-16)28(21)18-7-5-4-6-8-18/h4-12,15H,13H2,1-3H3,(H,25,29)/t22-/m1/s1. The third-order valence-corrected chi connectivity index (χ3v) is 5.80. The summed E-state index contributed by atoms with van der Waals surface area (Å²) in [5.41, 5.74) is 0.596. The Hall–Kier alpha value is -3.18. The lowest BCUT2D eigenvalue weighted by molar-refractivity contribution is -0.120. The first-order valence-corrected chi connectivity index (χ1v) is 10.4. The Morgan fingerprint density at radius 1 is 1.20 bits per heavy atom. The maximum absolute atomic E-state index is 13.3. The lowest BCUT2D eigenvalue weighted by Gasteiger charge is -2.27.